The summed E-state index contributed by atoms with van der Waals surface area (Å²) in [4.78, 5) is 0.316. The zero-order valence-corrected chi connectivity index (χ0v) is 11.2. The molecule has 1 unspecified atom stereocenters. The number of sulfonamides is 1. The Labute approximate surface area is 108 Å². The number of nitrogens with zero attached hydrogens (tertiary/aromatic N) is 1. The molecule has 1 fully saturated rings. The Hall–Kier alpha value is -0.950. The van der Waals surface area contributed by atoms with E-state index in [4.69, 9.17) is 10.5 Å². The minimum atomic E-state index is -3.39. The lowest BCUT2D eigenvalue weighted by Gasteiger charge is -2.16. The largest absolute Gasteiger partial charge is 0.380 e. The van der Waals surface area contributed by atoms with Gasteiger partial charge in [0.2, 0.25) is 10.0 Å². The zero-order valence-electron chi connectivity index (χ0n) is 10.4. The van der Waals surface area contributed by atoms with Crippen molar-refractivity contribution >= 4 is 10.0 Å². The second kappa shape index (κ2) is 5.36. The van der Waals surface area contributed by atoms with Crippen molar-refractivity contribution in [3.05, 3.63) is 29.8 Å². The van der Waals surface area contributed by atoms with E-state index in [1.165, 1.54) is 4.31 Å². The summed E-state index contributed by atoms with van der Waals surface area (Å²) in [7, 11) is -1.79. The van der Waals surface area contributed by atoms with E-state index in [-0.39, 0.29) is 6.10 Å². The van der Waals surface area contributed by atoms with Crippen LogP contribution in [0.1, 0.15) is 12.0 Å². The van der Waals surface area contributed by atoms with E-state index in [1.807, 2.05) is 0 Å². The number of hydrogen-bond acceptors (Lipinski definition) is 4. The molecular formula is C12H18N2O3S. The highest BCUT2D eigenvalue weighted by Gasteiger charge is 2.32. The number of rotatable bonds is 4. The van der Waals surface area contributed by atoms with Crippen LogP contribution in [0.3, 0.4) is 0 Å². The van der Waals surface area contributed by atoms with Crippen LogP contribution in [0.5, 0.6) is 0 Å². The van der Waals surface area contributed by atoms with E-state index in [0.29, 0.717) is 24.5 Å². The number of nitrogens with two attached hydrogens (primary N) is 1. The highest BCUT2D eigenvalue weighted by molar-refractivity contribution is 7.89. The van der Waals surface area contributed by atoms with Crippen LogP contribution in [-0.4, -0.2) is 39.0 Å². The van der Waals surface area contributed by atoms with Gasteiger partial charge in [-0.25, -0.2) is 8.42 Å². The molecule has 2 rings (SSSR count). The molecule has 1 aromatic carbocycles. The summed E-state index contributed by atoms with van der Waals surface area (Å²) in [6.45, 7) is 1.35. The topological polar surface area (TPSA) is 72.6 Å². The van der Waals surface area contributed by atoms with Crippen molar-refractivity contribution in [3.8, 4) is 0 Å². The molecule has 6 heteroatoms. The van der Waals surface area contributed by atoms with Crippen LogP contribution < -0.4 is 5.73 Å². The molecule has 100 valence electrons. The molecule has 18 heavy (non-hydrogen) atoms. The Morgan fingerprint density at radius 1 is 1.39 bits per heavy atom. The van der Waals surface area contributed by atoms with Crippen LogP contribution in [0, 0.1) is 0 Å². The molecule has 0 saturated carbocycles. The van der Waals surface area contributed by atoms with Gasteiger partial charge in [-0.3, -0.25) is 0 Å². The maximum Gasteiger partial charge on any atom is 0.243 e. The molecule has 1 aliphatic rings. The molecule has 5 nitrogen and oxygen atoms in total. The molecular weight excluding hydrogens is 252 g/mol. The smallest absolute Gasteiger partial charge is 0.243 e. The summed E-state index contributed by atoms with van der Waals surface area (Å²) in [5.74, 6) is 0. The first-order valence-corrected chi connectivity index (χ1v) is 7.34. The third-order valence-corrected chi connectivity index (χ3v) is 5.12. The molecule has 1 aromatic rings. The minimum absolute atomic E-state index is 0.00286. The third-order valence-electron chi connectivity index (χ3n) is 3.24. The number of benzene rings is 1. The second-order valence-electron chi connectivity index (χ2n) is 4.36. The van der Waals surface area contributed by atoms with Gasteiger partial charge in [-0.05, 0) is 24.1 Å². The van der Waals surface area contributed by atoms with E-state index in [1.54, 1.807) is 31.4 Å². The zero-order chi connectivity index (χ0) is 13.2. The van der Waals surface area contributed by atoms with Gasteiger partial charge in [0, 0.05) is 26.7 Å². The van der Waals surface area contributed by atoms with Gasteiger partial charge in [0.05, 0.1) is 11.0 Å². The van der Waals surface area contributed by atoms with Crippen LogP contribution in [0.4, 0.5) is 0 Å². The molecule has 0 radical (unpaired) electrons. The normalized spacial score (nSPS) is 21.3. The quantitative estimate of drug-likeness (QED) is 0.867. The lowest BCUT2D eigenvalue weighted by Crippen LogP contribution is -2.30. The van der Waals surface area contributed by atoms with E-state index < -0.39 is 10.0 Å². The summed E-state index contributed by atoms with van der Waals surface area (Å²) in [5.41, 5.74) is 6.41. The predicted octanol–water partition coefficient (Wildman–Crippen LogP) is 0.555. The van der Waals surface area contributed by atoms with Gasteiger partial charge in [0.1, 0.15) is 0 Å². The molecule has 2 N–H and O–H groups in total. The van der Waals surface area contributed by atoms with Crippen molar-refractivity contribution in [2.45, 2.75) is 24.0 Å². The Balaban J connectivity index is 2.20. The molecule has 0 bridgehead atoms. The molecule has 0 spiro atoms. The molecule has 1 saturated heterocycles. The highest BCUT2D eigenvalue weighted by atomic mass is 32.2. The lowest BCUT2D eigenvalue weighted by atomic mass is 10.2. The first-order chi connectivity index (χ1) is 8.57. The van der Waals surface area contributed by atoms with Crippen molar-refractivity contribution in [2.75, 3.05) is 20.2 Å². The summed E-state index contributed by atoms with van der Waals surface area (Å²) >= 11 is 0. The molecule has 1 aliphatic heterocycles. The molecule has 1 heterocycles. The van der Waals surface area contributed by atoms with Gasteiger partial charge < -0.3 is 10.5 Å². The fourth-order valence-electron chi connectivity index (χ4n) is 2.05. The van der Waals surface area contributed by atoms with Gasteiger partial charge >= 0.3 is 0 Å². The summed E-state index contributed by atoms with van der Waals surface area (Å²) in [6, 6.07) is 6.71. The first-order valence-electron chi connectivity index (χ1n) is 5.90. The standard InChI is InChI=1S/C12H18N2O3S/c1-17-11-6-7-14(9-11)18(15,16)12-4-2-10(8-13)3-5-12/h2-5,11H,6-9,13H2,1H3. The fraction of sp³-hybridized carbons (Fsp3) is 0.500. The van der Waals surface area contributed by atoms with Crippen LogP contribution in [-0.2, 0) is 21.3 Å². The van der Waals surface area contributed by atoms with E-state index >= 15 is 0 Å². The maximum absolute atomic E-state index is 12.3. The van der Waals surface area contributed by atoms with Gasteiger partial charge in [0.15, 0.2) is 0 Å². The van der Waals surface area contributed by atoms with Crippen molar-refractivity contribution in [2.24, 2.45) is 5.73 Å². The summed E-state index contributed by atoms with van der Waals surface area (Å²) in [5, 5.41) is 0. The van der Waals surface area contributed by atoms with Crippen LogP contribution in [0.15, 0.2) is 29.2 Å². The number of ether oxygens (including phenoxy) is 1. The van der Waals surface area contributed by atoms with Crippen molar-refractivity contribution < 1.29 is 13.2 Å². The maximum atomic E-state index is 12.3. The third kappa shape index (κ3) is 2.56. The van der Waals surface area contributed by atoms with Gasteiger partial charge in [-0.2, -0.15) is 4.31 Å². The SMILES string of the molecule is COC1CCN(S(=O)(=O)c2ccc(CN)cc2)C1. The monoisotopic (exact) mass is 270 g/mol. The fourth-order valence-corrected chi connectivity index (χ4v) is 3.54. The minimum Gasteiger partial charge on any atom is -0.380 e. The number of methoxy groups -OCH3 is 1. The van der Waals surface area contributed by atoms with E-state index in [9.17, 15) is 8.42 Å². The van der Waals surface area contributed by atoms with Gasteiger partial charge in [0.25, 0.3) is 0 Å². The summed E-state index contributed by atoms with van der Waals surface area (Å²) in [6.07, 6.45) is 0.750. The highest BCUT2D eigenvalue weighted by Crippen LogP contribution is 2.22. The molecule has 0 amide bonds. The van der Waals surface area contributed by atoms with E-state index in [0.717, 1.165) is 12.0 Å². The Morgan fingerprint density at radius 3 is 2.56 bits per heavy atom. The molecule has 0 aliphatic carbocycles. The molecule has 1 atom stereocenters. The average molecular weight is 270 g/mol. The van der Waals surface area contributed by atoms with Crippen molar-refractivity contribution in [3.63, 3.8) is 0 Å². The van der Waals surface area contributed by atoms with Crippen LogP contribution in [0.2, 0.25) is 0 Å². The Morgan fingerprint density at radius 2 is 2.06 bits per heavy atom. The van der Waals surface area contributed by atoms with Gasteiger partial charge in [-0.15, -0.1) is 0 Å². The summed E-state index contributed by atoms with van der Waals surface area (Å²) < 4.78 is 31.3. The van der Waals surface area contributed by atoms with E-state index in [2.05, 4.69) is 0 Å². The predicted molar refractivity (Wildman–Crippen MR) is 68.5 cm³/mol. The second-order valence-corrected chi connectivity index (χ2v) is 6.30. The molecule has 0 aromatic heterocycles. The van der Waals surface area contributed by atoms with Gasteiger partial charge in [-0.1, -0.05) is 12.1 Å². The Kier molecular flexibility index (Phi) is 4.01. The Bertz CT molecular complexity index is 499. The number of hydrogen-bond donors (Lipinski definition) is 1. The van der Waals surface area contributed by atoms with Crippen LogP contribution in [0.25, 0.3) is 0 Å². The van der Waals surface area contributed by atoms with Crippen molar-refractivity contribution in [1.29, 1.82) is 0 Å². The van der Waals surface area contributed by atoms with Crippen molar-refractivity contribution in [1.82, 2.24) is 4.31 Å². The average Bonchev–Trinajstić information content (AvgIpc) is 2.88. The first kappa shape index (κ1) is 13.5. The lowest BCUT2D eigenvalue weighted by molar-refractivity contribution is 0.115. The van der Waals surface area contributed by atoms with Crippen LogP contribution >= 0.6 is 0 Å².